The van der Waals surface area contributed by atoms with Crippen LogP contribution in [0, 0.1) is 0 Å². The van der Waals surface area contributed by atoms with Gasteiger partial charge in [0, 0.05) is 11.8 Å². The summed E-state index contributed by atoms with van der Waals surface area (Å²) in [5.74, 6) is -0.0985. The van der Waals surface area contributed by atoms with Gasteiger partial charge in [-0.1, -0.05) is 10.6 Å². The molecule has 1 rings (SSSR count). The molecule has 0 radical (unpaired) electrons. The fourth-order valence-corrected chi connectivity index (χ4v) is 1.24. The summed E-state index contributed by atoms with van der Waals surface area (Å²) in [7, 11) is -0.781. The minimum Gasteiger partial charge on any atom is -0.286 e. The van der Waals surface area contributed by atoms with E-state index >= 15 is 0 Å². The topological polar surface area (TPSA) is 61.7 Å². The molecule has 0 fully saturated rings. The van der Waals surface area contributed by atoms with E-state index in [1.165, 1.54) is 0 Å². The maximum Gasteiger partial charge on any atom is 0.234 e. The second-order valence-corrected chi connectivity index (χ2v) is 2.77. The van der Waals surface area contributed by atoms with Gasteiger partial charge >= 0.3 is 0 Å². The van der Waals surface area contributed by atoms with E-state index in [2.05, 4.69) is 9.25 Å². The van der Waals surface area contributed by atoms with Gasteiger partial charge in [-0.3, -0.25) is 14.7 Å². The van der Waals surface area contributed by atoms with Gasteiger partial charge in [-0.25, -0.2) is 0 Å². The van der Waals surface area contributed by atoms with Crippen molar-refractivity contribution in [1.82, 2.24) is 4.72 Å². The molecule has 0 aromatic heterocycles. The molecule has 1 atom stereocenters. The Kier molecular flexibility index (Phi) is 1.96. The molecule has 4 nitrogen and oxygen atoms in total. The molecule has 2 N–H and O–H groups in total. The first-order valence-electron chi connectivity index (χ1n) is 2.37. The van der Waals surface area contributed by atoms with Crippen molar-refractivity contribution in [2.45, 2.75) is 6.42 Å². The van der Waals surface area contributed by atoms with Crippen LogP contribution in [0.2, 0.25) is 0 Å². The van der Waals surface area contributed by atoms with E-state index in [0.29, 0.717) is 6.42 Å². The monoisotopic (exact) mass is 146 g/mol. The van der Waals surface area contributed by atoms with Crippen molar-refractivity contribution in [3.63, 3.8) is 0 Å². The molecule has 0 aliphatic carbocycles. The van der Waals surface area contributed by atoms with Crippen LogP contribution in [0.5, 0.6) is 0 Å². The summed E-state index contributed by atoms with van der Waals surface area (Å²) < 4.78 is 5.36. The Balaban J connectivity index is 2.71. The van der Waals surface area contributed by atoms with Crippen LogP contribution in [-0.4, -0.2) is 11.1 Å². The first kappa shape index (κ1) is 6.44. The van der Waals surface area contributed by atoms with E-state index in [1.807, 2.05) is 0 Å². The summed E-state index contributed by atoms with van der Waals surface area (Å²) in [6.45, 7) is 0. The summed E-state index contributed by atoms with van der Waals surface area (Å²) in [6.07, 6.45) is 2.07. The maximum atomic E-state index is 10.5. The van der Waals surface area contributed by atoms with Crippen LogP contribution < -0.4 is 4.72 Å². The van der Waals surface area contributed by atoms with Crippen molar-refractivity contribution >= 4 is 16.8 Å². The molecule has 0 bridgehead atoms. The minimum atomic E-state index is -0.781. The highest BCUT2D eigenvalue weighted by Gasteiger charge is 2.04. The number of nitrogens with zero attached hydrogens (tertiary/aromatic N) is 1. The zero-order valence-electron chi connectivity index (χ0n) is 4.57. The normalized spacial score (nSPS) is 26.3. The number of rotatable bonds is 0. The van der Waals surface area contributed by atoms with Crippen LogP contribution >= 0.6 is 0 Å². The molecule has 1 aliphatic heterocycles. The van der Waals surface area contributed by atoms with E-state index in [4.69, 9.17) is 5.21 Å². The van der Waals surface area contributed by atoms with Gasteiger partial charge in [-0.15, -0.1) is 0 Å². The van der Waals surface area contributed by atoms with E-state index in [0.717, 1.165) is 0 Å². The fourth-order valence-electron chi connectivity index (χ4n) is 0.486. The number of carbonyl (C=O) groups excluding carboxylic acids is 1. The fraction of sp³-hybridized carbons (Fsp3) is 0.250. The Morgan fingerprint density at radius 3 is 3.11 bits per heavy atom. The van der Waals surface area contributed by atoms with Crippen molar-refractivity contribution in [3.8, 4) is 0 Å². The summed E-state index contributed by atoms with van der Waals surface area (Å²) >= 11 is 0. The summed E-state index contributed by atoms with van der Waals surface area (Å²) in [5, 5.41) is 9.83. The van der Waals surface area contributed by atoms with Gasteiger partial charge in [-0.2, -0.15) is 0 Å². The predicted molar refractivity (Wildman–Crippen MR) is 33.5 cm³/mol. The van der Waals surface area contributed by atoms with Gasteiger partial charge in [0.25, 0.3) is 0 Å². The molecular weight excluding hydrogens is 140 g/mol. The Labute approximate surface area is 54.8 Å². The van der Waals surface area contributed by atoms with Gasteiger partial charge in [0.05, 0.1) is 10.9 Å². The molecule has 5 heteroatoms. The number of amides is 1. The van der Waals surface area contributed by atoms with E-state index < -0.39 is 10.9 Å². The second-order valence-electron chi connectivity index (χ2n) is 1.50. The number of hydrogen-bond acceptors (Lipinski definition) is 2. The van der Waals surface area contributed by atoms with E-state index in [9.17, 15) is 4.79 Å². The van der Waals surface area contributed by atoms with Gasteiger partial charge in [0.2, 0.25) is 5.91 Å². The Hall–Kier alpha value is -0.680. The standard InChI is InChI=1S/C4H6N2O2S/c7-4-2-1-3-9(5-4)6-8/h1,3,8H,2H2,(H,5,6,7). The quantitative estimate of drug-likeness (QED) is 0.477. The number of carbonyl (C=O) groups is 1. The third kappa shape index (κ3) is 1.62. The largest absolute Gasteiger partial charge is 0.286 e. The molecule has 0 spiro atoms. The third-order valence-electron chi connectivity index (χ3n) is 0.835. The molecule has 0 aromatic carbocycles. The summed E-state index contributed by atoms with van der Waals surface area (Å²) in [6, 6.07) is 0. The Morgan fingerprint density at radius 1 is 1.89 bits per heavy atom. The average molecular weight is 146 g/mol. The van der Waals surface area contributed by atoms with Gasteiger partial charge < -0.3 is 0 Å². The smallest absolute Gasteiger partial charge is 0.234 e. The Morgan fingerprint density at radius 2 is 2.67 bits per heavy atom. The van der Waals surface area contributed by atoms with Gasteiger partial charge in [0.15, 0.2) is 0 Å². The minimum absolute atomic E-state index is 0.0985. The number of nitrogens with one attached hydrogen (secondary N) is 1. The number of hydrogen-bond donors (Lipinski definition) is 2. The first-order chi connectivity index (χ1) is 4.33. The van der Waals surface area contributed by atoms with Crippen LogP contribution in [0.15, 0.2) is 16.0 Å². The summed E-state index contributed by atoms with van der Waals surface area (Å²) in [5.41, 5.74) is 0. The summed E-state index contributed by atoms with van der Waals surface area (Å²) in [4.78, 5) is 10.5. The highest BCUT2D eigenvalue weighted by Crippen LogP contribution is 1.96. The van der Waals surface area contributed by atoms with Crippen LogP contribution in [0.4, 0.5) is 0 Å². The highest BCUT2D eigenvalue weighted by molar-refractivity contribution is 7.88. The van der Waals surface area contributed by atoms with Crippen LogP contribution in [0.25, 0.3) is 0 Å². The molecule has 0 aromatic rings. The van der Waals surface area contributed by atoms with Crippen molar-refractivity contribution in [3.05, 3.63) is 11.5 Å². The molecule has 1 heterocycles. The molecule has 9 heavy (non-hydrogen) atoms. The van der Waals surface area contributed by atoms with Crippen molar-refractivity contribution < 1.29 is 10.0 Å². The van der Waals surface area contributed by atoms with Crippen molar-refractivity contribution in [1.29, 1.82) is 0 Å². The SMILES string of the molecule is O=C1CC=CS(=NO)N1. The van der Waals surface area contributed by atoms with E-state index in [1.54, 1.807) is 11.5 Å². The molecule has 50 valence electrons. The van der Waals surface area contributed by atoms with Crippen LogP contribution in [-0.2, 0) is 15.7 Å². The lowest BCUT2D eigenvalue weighted by molar-refractivity contribution is -0.118. The second kappa shape index (κ2) is 2.75. The third-order valence-corrected chi connectivity index (χ3v) is 1.90. The van der Waals surface area contributed by atoms with Crippen LogP contribution in [0.3, 0.4) is 0 Å². The lowest BCUT2D eigenvalue weighted by atomic mass is 10.4. The maximum absolute atomic E-state index is 10.5. The highest BCUT2D eigenvalue weighted by atomic mass is 32.2. The molecule has 1 unspecified atom stereocenters. The predicted octanol–water partition coefficient (Wildman–Crippen LogP) is 0.126. The zero-order valence-corrected chi connectivity index (χ0v) is 5.39. The molecule has 0 saturated heterocycles. The van der Waals surface area contributed by atoms with Gasteiger partial charge in [0.1, 0.15) is 0 Å². The zero-order chi connectivity index (χ0) is 6.69. The lowest BCUT2D eigenvalue weighted by Crippen LogP contribution is -2.25. The van der Waals surface area contributed by atoms with Gasteiger partial charge in [-0.05, 0) is 0 Å². The molecule has 1 amide bonds. The average Bonchev–Trinajstić information content (AvgIpc) is 1.88. The molecular formula is C4H6N2O2S. The van der Waals surface area contributed by atoms with Crippen molar-refractivity contribution in [2.75, 3.05) is 0 Å². The van der Waals surface area contributed by atoms with Crippen molar-refractivity contribution in [2.24, 2.45) is 4.53 Å². The Bertz CT molecular complexity index is 187. The first-order valence-corrected chi connectivity index (χ1v) is 3.62. The molecule has 1 aliphatic rings. The van der Waals surface area contributed by atoms with E-state index in [-0.39, 0.29) is 5.91 Å². The molecule has 0 saturated carbocycles. The lowest BCUT2D eigenvalue weighted by Gasteiger charge is -2.05. The van der Waals surface area contributed by atoms with Crippen LogP contribution in [0.1, 0.15) is 6.42 Å².